The van der Waals surface area contributed by atoms with Crippen LogP contribution in [0, 0.1) is 13.8 Å². The van der Waals surface area contributed by atoms with Crippen LogP contribution in [0.15, 0.2) is 36.7 Å². The van der Waals surface area contributed by atoms with Crippen LogP contribution in [0.4, 0.5) is 11.8 Å². The number of hydrogen-bond donors (Lipinski definition) is 1. The minimum atomic E-state index is 0.375. The first-order chi connectivity index (χ1) is 15.6. The Balaban J connectivity index is 1.40. The van der Waals surface area contributed by atoms with Crippen molar-refractivity contribution in [1.82, 2.24) is 24.8 Å². The molecule has 1 aliphatic heterocycles. The lowest BCUT2D eigenvalue weighted by Gasteiger charge is -2.32. The van der Waals surface area contributed by atoms with E-state index in [0.717, 1.165) is 66.6 Å². The number of likely N-dealkylation sites (tertiary alicyclic amines) is 1. The molecule has 1 saturated heterocycles. The Kier molecular flexibility index (Phi) is 6.80. The van der Waals surface area contributed by atoms with E-state index < -0.39 is 0 Å². The number of methoxy groups -OCH3 is 2. The molecule has 2 aromatic heterocycles. The molecular formula is C24H30N6O2. The van der Waals surface area contributed by atoms with Crippen LogP contribution in [0.2, 0.25) is 0 Å². The highest BCUT2D eigenvalue weighted by Gasteiger charge is 2.24. The number of aromatic nitrogens is 4. The van der Waals surface area contributed by atoms with Gasteiger partial charge in [-0.3, -0.25) is 9.88 Å². The largest absolute Gasteiger partial charge is 0.496 e. The quantitative estimate of drug-likeness (QED) is 0.597. The monoisotopic (exact) mass is 434 g/mol. The number of hydrogen-bond acceptors (Lipinski definition) is 8. The standard InChI is InChI=1S/C24H30N6O2/c1-16-12-17(2)27-24(26-16)29-23-14-25-13-20(28-23)18-8-10-30(11-9-18)15-19-21(31-3)6-5-7-22(19)32-4/h5-7,12-14,18H,8-11,15H2,1-4H3,(H,26,27,28,29). The van der Waals surface area contributed by atoms with Gasteiger partial charge < -0.3 is 14.8 Å². The number of rotatable bonds is 7. The maximum absolute atomic E-state index is 5.55. The lowest BCUT2D eigenvalue weighted by Crippen LogP contribution is -2.33. The third-order valence-electron chi connectivity index (χ3n) is 5.79. The minimum absolute atomic E-state index is 0.375. The molecule has 0 spiro atoms. The van der Waals surface area contributed by atoms with E-state index >= 15 is 0 Å². The lowest BCUT2D eigenvalue weighted by molar-refractivity contribution is 0.198. The van der Waals surface area contributed by atoms with Gasteiger partial charge in [0.1, 0.15) is 11.5 Å². The Morgan fingerprint density at radius 2 is 1.62 bits per heavy atom. The molecule has 32 heavy (non-hydrogen) atoms. The van der Waals surface area contributed by atoms with E-state index in [1.54, 1.807) is 20.4 Å². The van der Waals surface area contributed by atoms with Gasteiger partial charge in [0.25, 0.3) is 0 Å². The molecule has 1 N–H and O–H groups in total. The van der Waals surface area contributed by atoms with Gasteiger partial charge in [0, 0.05) is 30.0 Å². The van der Waals surface area contributed by atoms with Crippen molar-refractivity contribution in [2.45, 2.75) is 39.2 Å². The molecule has 0 amide bonds. The maximum atomic E-state index is 5.55. The molecule has 0 bridgehead atoms. The molecule has 0 unspecified atom stereocenters. The molecule has 0 radical (unpaired) electrons. The van der Waals surface area contributed by atoms with Crippen molar-refractivity contribution in [3.05, 3.63) is 59.3 Å². The van der Waals surface area contributed by atoms with Crippen molar-refractivity contribution < 1.29 is 9.47 Å². The predicted octanol–water partition coefficient (Wildman–Crippen LogP) is 4.02. The van der Waals surface area contributed by atoms with Gasteiger partial charge in [-0.05, 0) is 58.0 Å². The minimum Gasteiger partial charge on any atom is -0.496 e. The Bertz CT molecular complexity index is 1020. The summed E-state index contributed by atoms with van der Waals surface area (Å²) < 4.78 is 11.1. The fourth-order valence-electron chi connectivity index (χ4n) is 4.23. The van der Waals surface area contributed by atoms with E-state index in [0.29, 0.717) is 17.7 Å². The van der Waals surface area contributed by atoms with Crippen LogP contribution in [-0.2, 0) is 6.54 Å². The van der Waals surface area contributed by atoms with Gasteiger partial charge in [0.2, 0.25) is 5.95 Å². The molecule has 3 aromatic rings. The van der Waals surface area contributed by atoms with Crippen LogP contribution in [0.25, 0.3) is 0 Å². The second-order valence-electron chi connectivity index (χ2n) is 8.12. The summed E-state index contributed by atoms with van der Waals surface area (Å²) >= 11 is 0. The van der Waals surface area contributed by atoms with Crippen molar-refractivity contribution in [2.24, 2.45) is 0 Å². The van der Waals surface area contributed by atoms with Crippen LogP contribution in [0.5, 0.6) is 11.5 Å². The van der Waals surface area contributed by atoms with Gasteiger partial charge in [0.05, 0.1) is 31.7 Å². The van der Waals surface area contributed by atoms with Gasteiger partial charge in [-0.1, -0.05) is 6.07 Å². The Labute approximate surface area is 189 Å². The van der Waals surface area contributed by atoms with Gasteiger partial charge >= 0.3 is 0 Å². The molecule has 1 aliphatic rings. The number of aryl methyl sites for hydroxylation is 2. The molecule has 8 heteroatoms. The Morgan fingerprint density at radius 3 is 2.25 bits per heavy atom. The predicted molar refractivity (Wildman–Crippen MR) is 124 cm³/mol. The average molecular weight is 435 g/mol. The lowest BCUT2D eigenvalue weighted by atomic mass is 9.93. The highest BCUT2D eigenvalue weighted by molar-refractivity contribution is 5.47. The van der Waals surface area contributed by atoms with E-state index in [-0.39, 0.29) is 0 Å². The molecule has 0 aliphatic carbocycles. The molecule has 0 atom stereocenters. The molecule has 3 heterocycles. The Morgan fingerprint density at radius 1 is 0.969 bits per heavy atom. The number of benzene rings is 1. The Hall–Kier alpha value is -3.26. The summed E-state index contributed by atoms with van der Waals surface area (Å²) in [6.45, 7) is 6.67. The summed E-state index contributed by atoms with van der Waals surface area (Å²) in [6.07, 6.45) is 5.63. The SMILES string of the molecule is COc1cccc(OC)c1CN1CCC(c2cncc(Nc3nc(C)cc(C)n3)n2)CC1. The normalized spacial score (nSPS) is 14.9. The summed E-state index contributed by atoms with van der Waals surface area (Å²) in [5, 5.41) is 3.20. The third-order valence-corrected chi connectivity index (χ3v) is 5.79. The fourth-order valence-corrected chi connectivity index (χ4v) is 4.23. The van der Waals surface area contributed by atoms with Crippen molar-refractivity contribution in [2.75, 3.05) is 32.6 Å². The summed E-state index contributed by atoms with van der Waals surface area (Å²) in [6, 6.07) is 7.87. The van der Waals surface area contributed by atoms with Crippen molar-refractivity contribution in [1.29, 1.82) is 0 Å². The average Bonchev–Trinajstić information content (AvgIpc) is 2.79. The summed E-state index contributed by atoms with van der Waals surface area (Å²) in [7, 11) is 3.40. The first kappa shape index (κ1) is 22.0. The number of ether oxygens (including phenoxy) is 2. The molecule has 168 valence electrons. The van der Waals surface area contributed by atoms with E-state index in [2.05, 4.69) is 25.2 Å². The zero-order valence-electron chi connectivity index (χ0n) is 19.1. The maximum Gasteiger partial charge on any atom is 0.228 e. The zero-order valence-corrected chi connectivity index (χ0v) is 19.1. The topological polar surface area (TPSA) is 85.3 Å². The number of nitrogens with one attached hydrogen (secondary N) is 1. The van der Waals surface area contributed by atoms with Crippen LogP contribution in [0.3, 0.4) is 0 Å². The van der Waals surface area contributed by atoms with E-state index in [4.69, 9.17) is 14.5 Å². The second kappa shape index (κ2) is 9.91. The smallest absolute Gasteiger partial charge is 0.228 e. The van der Waals surface area contributed by atoms with Crippen LogP contribution in [0.1, 0.15) is 41.4 Å². The van der Waals surface area contributed by atoms with Crippen molar-refractivity contribution in [3.63, 3.8) is 0 Å². The van der Waals surface area contributed by atoms with Crippen molar-refractivity contribution >= 4 is 11.8 Å². The third kappa shape index (κ3) is 5.13. The van der Waals surface area contributed by atoms with E-state index in [9.17, 15) is 0 Å². The highest BCUT2D eigenvalue weighted by atomic mass is 16.5. The molecular weight excluding hydrogens is 404 g/mol. The van der Waals surface area contributed by atoms with Crippen LogP contribution < -0.4 is 14.8 Å². The highest BCUT2D eigenvalue weighted by Crippen LogP contribution is 2.33. The summed E-state index contributed by atoms with van der Waals surface area (Å²) in [4.78, 5) is 20.5. The van der Waals surface area contributed by atoms with E-state index in [1.165, 1.54) is 0 Å². The van der Waals surface area contributed by atoms with Crippen LogP contribution >= 0.6 is 0 Å². The molecule has 0 saturated carbocycles. The molecule has 4 rings (SSSR count). The fraction of sp³-hybridized carbons (Fsp3) is 0.417. The van der Waals surface area contributed by atoms with Crippen LogP contribution in [-0.4, -0.2) is 52.1 Å². The van der Waals surface area contributed by atoms with Gasteiger partial charge in [-0.2, -0.15) is 0 Å². The molecule has 1 aromatic carbocycles. The second-order valence-corrected chi connectivity index (χ2v) is 8.12. The van der Waals surface area contributed by atoms with Gasteiger partial charge in [-0.25, -0.2) is 15.0 Å². The van der Waals surface area contributed by atoms with Gasteiger partial charge in [0.15, 0.2) is 5.82 Å². The van der Waals surface area contributed by atoms with E-state index in [1.807, 2.05) is 44.3 Å². The first-order valence-electron chi connectivity index (χ1n) is 10.9. The summed E-state index contributed by atoms with van der Waals surface area (Å²) in [5.74, 6) is 3.33. The van der Waals surface area contributed by atoms with Crippen molar-refractivity contribution in [3.8, 4) is 11.5 Å². The molecule has 1 fully saturated rings. The number of nitrogens with zero attached hydrogens (tertiary/aromatic N) is 5. The number of anilines is 2. The van der Waals surface area contributed by atoms with Gasteiger partial charge in [-0.15, -0.1) is 0 Å². The molecule has 8 nitrogen and oxygen atoms in total. The number of piperidine rings is 1. The summed E-state index contributed by atoms with van der Waals surface area (Å²) in [5.41, 5.74) is 3.94. The zero-order chi connectivity index (χ0) is 22.5. The first-order valence-corrected chi connectivity index (χ1v) is 10.9.